The molecule has 1 amide bonds. The second kappa shape index (κ2) is 7.95. The fourth-order valence-electron chi connectivity index (χ4n) is 3.11. The lowest BCUT2D eigenvalue weighted by Gasteiger charge is -2.31. The van der Waals surface area contributed by atoms with Crippen LogP contribution in [0.4, 0.5) is 11.4 Å². The molecule has 0 radical (unpaired) electrons. The Bertz CT molecular complexity index is 787. The van der Waals surface area contributed by atoms with E-state index < -0.39 is 4.92 Å². The zero-order valence-electron chi connectivity index (χ0n) is 14.7. The molecule has 0 saturated carbocycles. The van der Waals surface area contributed by atoms with Gasteiger partial charge >= 0.3 is 0 Å². The highest BCUT2D eigenvalue weighted by molar-refractivity contribution is 5.95. The Hall–Kier alpha value is -2.96. The number of pyridine rings is 1. The number of nitro benzene ring substituents is 1. The summed E-state index contributed by atoms with van der Waals surface area (Å²) in [6, 6.07) is 8.33. The van der Waals surface area contributed by atoms with Crippen LogP contribution in [0.25, 0.3) is 0 Å². The summed E-state index contributed by atoms with van der Waals surface area (Å²) in [5.41, 5.74) is 1.78. The summed E-state index contributed by atoms with van der Waals surface area (Å²) >= 11 is 0. The van der Waals surface area contributed by atoms with Gasteiger partial charge in [0.05, 0.1) is 4.92 Å². The predicted molar refractivity (Wildman–Crippen MR) is 99.1 cm³/mol. The lowest BCUT2D eigenvalue weighted by Crippen LogP contribution is -2.33. The first-order valence-corrected chi connectivity index (χ1v) is 8.75. The first-order chi connectivity index (χ1) is 12.5. The normalized spacial score (nSPS) is 14.9. The van der Waals surface area contributed by atoms with Crippen molar-refractivity contribution in [2.24, 2.45) is 5.92 Å². The first-order valence-electron chi connectivity index (χ1n) is 8.75. The second-order valence-corrected chi connectivity index (χ2v) is 6.67. The lowest BCUT2D eigenvalue weighted by atomic mass is 9.98. The molecule has 2 aromatic rings. The minimum absolute atomic E-state index is 0.0175. The molecule has 1 saturated heterocycles. The van der Waals surface area contributed by atoms with Crippen molar-refractivity contribution in [3.8, 4) is 0 Å². The van der Waals surface area contributed by atoms with E-state index >= 15 is 0 Å². The van der Waals surface area contributed by atoms with E-state index in [9.17, 15) is 14.9 Å². The molecule has 7 nitrogen and oxygen atoms in total. The molecule has 0 bridgehead atoms. The van der Waals surface area contributed by atoms with Crippen molar-refractivity contribution in [3.63, 3.8) is 0 Å². The molecule has 1 fully saturated rings. The number of nitrogens with zero attached hydrogens (tertiary/aromatic N) is 3. The van der Waals surface area contributed by atoms with Gasteiger partial charge in [0.2, 0.25) is 0 Å². The van der Waals surface area contributed by atoms with Crippen molar-refractivity contribution < 1.29 is 9.72 Å². The SMILES string of the molecule is CC1CCN(c2ccc(C(=O)NCc3ccncc3)cc2[N+](=O)[O-])CC1. The molecular formula is C19H22N4O3. The monoisotopic (exact) mass is 354 g/mol. The molecule has 0 spiro atoms. The van der Waals surface area contributed by atoms with Crippen LogP contribution in [0.5, 0.6) is 0 Å². The number of piperidine rings is 1. The molecule has 1 aliphatic rings. The van der Waals surface area contributed by atoms with E-state index in [0.717, 1.165) is 31.5 Å². The number of aromatic nitrogens is 1. The number of benzene rings is 1. The van der Waals surface area contributed by atoms with Gasteiger partial charge in [-0.3, -0.25) is 19.9 Å². The molecule has 2 heterocycles. The Morgan fingerprint density at radius 3 is 2.62 bits per heavy atom. The number of hydrogen-bond donors (Lipinski definition) is 1. The minimum atomic E-state index is -0.410. The summed E-state index contributed by atoms with van der Waals surface area (Å²) in [6.07, 6.45) is 5.35. The van der Waals surface area contributed by atoms with Crippen molar-refractivity contribution in [2.45, 2.75) is 26.3 Å². The molecule has 3 rings (SSSR count). The third kappa shape index (κ3) is 4.17. The van der Waals surface area contributed by atoms with E-state index in [1.165, 1.54) is 6.07 Å². The summed E-state index contributed by atoms with van der Waals surface area (Å²) in [6.45, 7) is 4.15. The Morgan fingerprint density at radius 1 is 1.27 bits per heavy atom. The molecule has 1 N–H and O–H groups in total. The highest BCUT2D eigenvalue weighted by Crippen LogP contribution is 2.32. The molecule has 1 aromatic carbocycles. The quantitative estimate of drug-likeness (QED) is 0.658. The van der Waals surface area contributed by atoms with E-state index in [-0.39, 0.29) is 11.6 Å². The second-order valence-electron chi connectivity index (χ2n) is 6.67. The Balaban J connectivity index is 1.75. The number of carbonyl (C=O) groups is 1. The van der Waals surface area contributed by atoms with Crippen LogP contribution in [0.3, 0.4) is 0 Å². The molecule has 26 heavy (non-hydrogen) atoms. The maximum Gasteiger partial charge on any atom is 0.293 e. The number of anilines is 1. The molecule has 0 aliphatic carbocycles. The third-order valence-corrected chi connectivity index (χ3v) is 4.76. The molecule has 0 unspecified atom stereocenters. The first kappa shape index (κ1) is 17.8. The van der Waals surface area contributed by atoms with Crippen molar-refractivity contribution in [1.82, 2.24) is 10.3 Å². The van der Waals surface area contributed by atoms with E-state index in [1.807, 2.05) is 17.0 Å². The predicted octanol–water partition coefficient (Wildman–Crippen LogP) is 3.16. The lowest BCUT2D eigenvalue weighted by molar-refractivity contribution is -0.384. The molecule has 7 heteroatoms. The maximum atomic E-state index is 12.4. The van der Waals surface area contributed by atoms with Crippen LogP contribution >= 0.6 is 0 Å². The summed E-state index contributed by atoms with van der Waals surface area (Å²) in [7, 11) is 0. The highest BCUT2D eigenvalue weighted by Gasteiger charge is 2.24. The fraction of sp³-hybridized carbons (Fsp3) is 0.368. The Morgan fingerprint density at radius 2 is 1.96 bits per heavy atom. The van der Waals surface area contributed by atoms with Crippen LogP contribution in [0.15, 0.2) is 42.7 Å². The molecular weight excluding hydrogens is 332 g/mol. The number of hydrogen-bond acceptors (Lipinski definition) is 5. The van der Waals surface area contributed by atoms with Gasteiger partial charge < -0.3 is 10.2 Å². The molecule has 1 aliphatic heterocycles. The van der Waals surface area contributed by atoms with Crippen molar-refractivity contribution >= 4 is 17.3 Å². The van der Waals surface area contributed by atoms with Gasteiger partial charge in [0.25, 0.3) is 11.6 Å². The summed E-state index contributed by atoms with van der Waals surface area (Å²) in [4.78, 5) is 29.4. The minimum Gasteiger partial charge on any atom is -0.366 e. The van der Waals surface area contributed by atoms with Crippen LogP contribution in [-0.4, -0.2) is 28.9 Å². The van der Waals surface area contributed by atoms with E-state index in [1.54, 1.807) is 24.5 Å². The van der Waals surface area contributed by atoms with Crippen molar-refractivity contribution in [2.75, 3.05) is 18.0 Å². The summed E-state index contributed by atoms with van der Waals surface area (Å²) in [5.74, 6) is 0.312. The fourth-order valence-corrected chi connectivity index (χ4v) is 3.11. The van der Waals surface area contributed by atoms with Gasteiger partial charge in [-0.05, 0) is 48.6 Å². The Labute approximate surface area is 152 Å². The molecule has 136 valence electrons. The average Bonchev–Trinajstić information content (AvgIpc) is 2.67. The summed E-state index contributed by atoms with van der Waals surface area (Å²) < 4.78 is 0. The zero-order chi connectivity index (χ0) is 18.5. The van der Waals surface area contributed by atoms with Crippen LogP contribution < -0.4 is 10.2 Å². The van der Waals surface area contributed by atoms with Gasteiger partial charge in [0, 0.05) is 43.7 Å². The van der Waals surface area contributed by atoms with Crippen LogP contribution in [0, 0.1) is 16.0 Å². The van der Waals surface area contributed by atoms with Crippen molar-refractivity contribution in [1.29, 1.82) is 0 Å². The molecule has 1 aromatic heterocycles. The van der Waals surface area contributed by atoms with Gasteiger partial charge in [0.1, 0.15) is 5.69 Å². The van der Waals surface area contributed by atoms with E-state index in [2.05, 4.69) is 17.2 Å². The summed E-state index contributed by atoms with van der Waals surface area (Å²) in [5, 5.41) is 14.3. The van der Waals surface area contributed by atoms with Crippen LogP contribution in [0.2, 0.25) is 0 Å². The number of amides is 1. The molecule has 0 atom stereocenters. The van der Waals surface area contributed by atoms with Crippen molar-refractivity contribution in [3.05, 3.63) is 64.0 Å². The smallest absolute Gasteiger partial charge is 0.293 e. The maximum absolute atomic E-state index is 12.4. The van der Waals surface area contributed by atoms with Gasteiger partial charge in [-0.25, -0.2) is 0 Å². The Kier molecular flexibility index (Phi) is 5.46. The largest absolute Gasteiger partial charge is 0.366 e. The number of carbonyl (C=O) groups excluding carboxylic acids is 1. The van der Waals surface area contributed by atoms with Crippen LogP contribution in [-0.2, 0) is 6.54 Å². The van der Waals surface area contributed by atoms with Crippen LogP contribution in [0.1, 0.15) is 35.7 Å². The number of nitro groups is 1. The highest BCUT2D eigenvalue weighted by atomic mass is 16.6. The number of nitrogens with one attached hydrogen (secondary N) is 1. The van der Waals surface area contributed by atoms with Gasteiger partial charge in [0.15, 0.2) is 0 Å². The zero-order valence-corrected chi connectivity index (χ0v) is 14.7. The van der Waals surface area contributed by atoms with Gasteiger partial charge in [-0.15, -0.1) is 0 Å². The standard InChI is InChI=1S/C19H22N4O3/c1-14-6-10-22(11-7-14)17-3-2-16(12-18(17)23(25)26)19(24)21-13-15-4-8-20-9-5-15/h2-5,8-9,12,14H,6-7,10-11,13H2,1H3,(H,21,24). The van der Waals surface area contributed by atoms with E-state index in [0.29, 0.717) is 23.7 Å². The van der Waals surface area contributed by atoms with E-state index in [4.69, 9.17) is 0 Å². The average molecular weight is 354 g/mol. The topological polar surface area (TPSA) is 88.4 Å². The van der Waals surface area contributed by atoms with Gasteiger partial charge in [-0.1, -0.05) is 6.92 Å². The third-order valence-electron chi connectivity index (χ3n) is 4.76. The van der Waals surface area contributed by atoms with Gasteiger partial charge in [-0.2, -0.15) is 0 Å². The number of rotatable bonds is 5.